The number of nitrogens with one attached hydrogen (secondary N) is 1. The maximum absolute atomic E-state index is 11.0. The highest BCUT2D eigenvalue weighted by Gasteiger charge is 2.12. The first-order valence-electron chi connectivity index (χ1n) is 6.95. The summed E-state index contributed by atoms with van der Waals surface area (Å²) in [5.41, 5.74) is 1.70. The molecule has 1 aromatic carbocycles. The zero-order valence-electron chi connectivity index (χ0n) is 12.1. The number of ether oxygens (including phenoxy) is 1. The maximum atomic E-state index is 11.0. The van der Waals surface area contributed by atoms with Gasteiger partial charge in [-0.05, 0) is 37.1 Å². The minimum Gasteiger partial charge on any atom is -0.438 e. The predicted octanol–water partition coefficient (Wildman–Crippen LogP) is 3.44. The van der Waals surface area contributed by atoms with E-state index in [2.05, 4.69) is 15.0 Å². The predicted molar refractivity (Wildman–Crippen MR) is 83.9 cm³/mol. The summed E-state index contributed by atoms with van der Waals surface area (Å²) in [6.45, 7) is 1.53. The number of carbonyl (C=O) groups is 1. The third kappa shape index (κ3) is 3.03. The molecule has 0 aliphatic carbocycles. The van der Waals surface area contributed by atoms with Crippen molar-refractivity contribution in [2.45, 2.75) is 13.3 Å². The molecule has 3 aromatic rings. The molecular formula is C17H15N3O2. The highest BCUT2D eigenvalue weighted by molar-refractivity contribution is 5.88. The minimum absolute atomic E-state index is 0.0249. The lowest BCUT2D eigenvalue weighted by Crippen LogP contribution is -1.92. The van der Waals surface area contributed by atoms with Gasteiger partial charge >= 0.3 is 0 Å². The lowest BCUT2D eigenvalue weighted by molar-refractivity contribution is -0.112. The van der Waals surface area contributed by atoms with Gasteiger partial charge in [0, 0.05) is 6.20 Å². The molecule has 0 aliphatic rings. The third-order valence-electron chi connectivity index (χ3n) is 3.16. The van der Waals surface area contributed by atoms with Gasteiger partial charge in [-0.2, -0.15) is 0 Å². The van der Waals surface area contributed by atoms with Crippen LogP contribution in [0, 0.1) is 0 Å². The molecule has 2 heterocycles. The number of fused-ring (bicyclic) bond motifs is 1. The zero-order valence-corrected chi connectivity index (χ0v) is 12.1. The SMILES string of the molecule is CC(=O)/C=C/Cc1c[nH]c2ncnc(Oc3ccccc3)c12. The third-order valence-corrected chi connectivity index (χ3v) is 3.16. The van der Waals surface area contributed by atoms with Crippen LogP contribution >= 0.6 is 0 Å². The Kier molecular flexibility index (Phi) is 3.96. The molecule has 0 amide bonds. The Balaban J connectivity index is 1.96. The lowest BCUT2D eigenvalue weighted by atomic mass is 10.1. The smallest absolute Gasteiger partial charge is 0.232 e. The van der Waals surface area contributed by atoms with Crippen LogP contribution in [0.5, 0.6) is 11.6 Å². The molecule has 0 atom stereocenters. The van der Waals surface area contributed by atoms with Crippen molar-refractivity contribution in [1.29, 1.82) is 0 Å². The molecule has 5 heteroatoms. The zero-order chi connectivity index (χ0) is 15.4. The van der Waals surface area contributed by atoms with E-state index in [1.165, 1.54) is 13.3 Å². The second kappa shape index (κ2) is 6.22. The molecule has 1 N–H and O–H groups in total. The van der Waals surface area contributed by atoms with E-state index < -0.39 is 0 Å². The van der Waals surface area contributed by atoms with Crippen molar-refractivity contribution in [2.75, 3.05) is 0 Å². The van der Waals surface area contributed by atoms with Gasteiger partial charge in [0.25, 0.3) is 0 Å². The summed E-state index contributed by atoms with van der Waals surface area (Å²) in [5, 5.41) is 0.833. The van der Waals surface area contributed by atoms with Gasteiger partial charge in [-0.3, -0.25) is 4.79 Å². The Labute approximate surface area is 127 Å². The average Bonchev–Trinajstić information content (AvgIpc) is 2.92. The summed E-state index contributed by atoms with van der Waals surface area (Å²) in [6.07, 6.45) is 7.32. The van der Waals surface area contributed by atoms with E-state index in [1.54, 1.807) is 6.08 Å². The molecule has 22 heavy (non-hydrogen) atoms. The summed E-state index contributed by atoms with van der Waals surface area (Å²) in [4.78, 5) is 22.5. The van der Waals surface area contributed by atoms with Crippen LogP contribution in [0.15, 0.2) is 55.0 Å². The highest BCUT2D eigenvalue weighted by atomic mass is 16.5. The second-order valence-electron chi connectivity index (χ2n) is 4.85. The van der Waals surface area contributed by atoms with Crippen molar-refractivity contribution in [3.8, 4) is 11.6 Å². The first-order chi connectivity index (χ1) is 10.7. The van der Waals surface area contributed by atoms with E-state index in [1.807, 2.05) is 42.6 Å². The Hall–Kier alpha value is -2.95. The van der Waals surface area contributed by atoms with E-state index in [4.69, 9.17) is 4.74 Å². The summed E-state index contributed by atoms with van der Waals surface area (Å²) in [7, 11) is 0. The number of hydrogen-bond acceptors (Lipinski definition) is 4. The second-order valence-corrected chi connectivity index (χ2v) is 4.85. The van der Waals surface area contributed by atoms with E-state index in [0.29, 0.717) is 23.7 Å². The van der Waals surface area contributed by atoms with Crippen LogP contribution in [0.4, 0.5) is 0 Å². The van der Waals surface area contributed by atoms with E-state index in [-0.39, 0.29) is 5.78 Å². The summed E-state index contributed by atoms with van der Waals surface area (Å²) in [5.74, 6) is 1.24. The number of para-hydroxylation sites is 1. The van der Waals surface area contributed by atoms with Gasteiger partial charge in [-0.15, -0.1) is 0 Å². The molecule has 0 aliphatic heterocycles. The molecule has 0 radical (unpaired) electrons. The summed E-state index contributed by atoms with van der Waals surface area (Å²) >= 11 is 0. The number of allylic oxidation sites excluding steroid dienone is 2. The molecule has 0 spiro atoms. The number of carbonyl (C=O) groups excluding carboxylic acids is 1. The topological polar surface area (TPSA) is 67.9 Å². The molecule has 3 rings (SSSR count). The van der Waals surface area contributed by atoms with Crippen LogP contribution in [0.1, 0.15) is 12.5 Å². The highest BCUT2D eigenvalue weighted by Crippen LogP contribution is 2.29. The first-order valence-corrected chi connectivity index (χ1v) is 6.95. The number of H-pyrrole nitrogens is 1. The van der Waals surface area contributed by atoms with Crippen molar-refractivity contribution in [3.05, 3.63) is 60.6 Å². The first kappa shape index (κ1) is 14.0. The van der Waals surface area contributed by atoms with Crippen LogP contribution in [-0.2, 0) is 11.2 Å². The number of ketones is 1. The van der Waals surface area contributed by atoms with E-state index in [9.17, 15) is 4.79 Å². The van der Waals surface area contributed by atoms with Crippen LogP contribution in [0.25, 0.3) is 11.0 Å². The number of nitrogens with zero attached hydrogens (tertiary/aromatic N) is 2. The molecule has 0 saturated carbocycles. The van der Waals surface area contributed by atoms with Crippen LogP contribution < -0.4 is 4.74 Å². The van der Waals surface area contributed by atoms with Crippen molar-refractivity contribution in [3.63, 3.8) is 0 Å². The molecule has 2 aromatic heterocycles. The average molecular weight is 293 g/mol. The van der Waals surface area contributed by atoms with Gasteiger partial charge in [0.2, 0.25) is 5.88 Å². The van der Waals surface area contributed by atoms with Gasteiger partial charge in [0.1, 0.15) is 17.7 Å². The molecule has 5 nitrogen and oxygen atoms in total. The molecule has 0 fully saturated rings. The van der Waals surface area contributed by atoms with Crippen LogP contribution in [0.3, 0.4) is 0 Å². The number of hydrogen-bond donors (Lipinski definition) is 1. The monoisotopic (exact) mass is 293 g/mol. The van der Waals surface area contributed by atoms with E-state index in [0.717, 1.165) is 10.9 Å². The summed E-state index contributed by atoms with van der Waals surface area (Å²) < 4.78 is 5.86. The minimum atomic E-state index is 0.0249. The van der Waals surface area contributed by atoms with Gasteiger partial charge in [-0.1, -0.05) is 24.3 Å². The Morgan fingerprint density at radius 2 is 2.09 bits per heavy atom. The van der Waals surface area contributed by atoms with Gasteiger partial charge in [-0.25, -0.2) is 9.97 Å². The lowest BCUT2D eigenvalue weighted by Gasteiger charge is -2.06. The van der Waals surface area contributed by atoms with Crippen molar-refractivity contribution >= 4 is 16.8 Å². The fraction of sp³-hybridized carbons (Fsp3) is 0.118. The fourth-order valence-corrected chi connectivity index (χ4v) is 2.19. The number of aromatic amines is 1. The van der Waals surface area contributed by atoms with E-state index >= 15 is 0 Å². The largest absolute Gasteiger partial charge is 0.438 e. The maximum Gasteiger partial charge on any atom is 0.232 e. The molecule has 0 unspecified atom stereocenters. The van der Waals surface area contributed by atoms with Gasteiger partial charge < -0.3 is 9.72 Å². The number of aromatic nitrogens is 3. The Bertz CT molecular complexity index is 822. The molecule has 0 bridgehead atoms. The van der Waals surface area contributed by atoms with Gasteiger partial charge in [0.05, 0.1) is 5.39 Å². The van der Waals surface area contributed by atoms with Crippen LogP contribution in [0.2, 0.25) is 0 Å². The molecule has 110 valence electrons. The van der Waals surface area contributed by atoms with Crippen molar-refractivity contribution in [1.82, 2.24) is 15.0 Å². The van der Waals surface area contributed by atoms with Crippen LogP contribution in [-0.4, -0.2) is 20.7 Å². The van der Waals surface area contributed by atoms with Crippen molar-refractivity contribution < 1.29 is 9.53 Å². The van der Waals surface area contributed by atoms with Crippen molar-refractivity contribution in [2.24, 2.45) is 0 Å². The standard InChI is InChI=1S/C17H15N3O2/c1-12(21)6-5-7-13-10-18-16-15(13)17(20-11-19-16)22-14-8-3-2-4-9-14/h2-6,8-11H,7H2,1H3,(H,18,19,20)/b6-5+. The summed E-state index contributed by atoms with van der Waals surface area (Å²) in [6, 6.07) is 9.48. The Morgan fingerprint density at radius 1 is 1.27 bits per heavy atom. The number of rotatable bonds is 5. The number of benzene rings is 1. The van der Waals surface area contributed by atoms with Gasteiger partial charge in [0.15, 0.2) is 5.78 Å². The normalized spacial score (nSPS) is 11.1. The molecule has 0 saturated heterocycles. The quantitative estimate of drug-likeness (QED) is 0.732. The fourth-order valence-electron chi connectivity index (χ4n) is 2.19. The Morgan fingerprint density at radius 3 is 2.86 bits per heavy atom. The molecular weight excluding hydrogens is 278 g/mol.